The second-order valence-electron chi connectivity index (χ2n) is 10.5. The van der Waals surface area contributed by atoms with Gasteiger partial charge in [0.1, 0.15) is 24.4 Å². The molecule has 3 rings (SSSR count). The molecule has 5 atom stereocenters. The number of ether oxygens (including phenoxy) is 2. The second kappa shape index (κ2) is 8.85. The predicted molar refractivity (Wildman–Crippen MR) is 121 cm³/mol. The molecule has 0 saturated carbocycles. The van der Waals surface area contributed by atoms with Crippen molar-refractivity contribution in [2.24, 2.45) is 0 Å². The molecule has 1 aromatic rings. The summed E-state index contributed by atoms with van der Waals surface area (Å²) in [5, 5.41) is 10.9. The minimum atomic E-state index is -2.71. The van der Waals surface area contributed by atoms with Crippen molar-refractivity contribution in [3.63, 3.8) is 0 Å². The van der Waals surface area contributed by atoms with Crippen LogP contribution in [0.3, 0.4) is 0 Å². The Bertz CT molecular complexity index is 695. The van der Waals surface area contributed by atoms with Crippen LogP contribution in [-0.4, -0.2) is 50.8 Å². The summed E-state index contributed by atoms with van der Waals surface area (Å²) in [7, 11) is -2.71. The number of hydrogen-bond donors (Lipinski definition) is 1. The van der Waals surface area contributed by atoms with E-state index in [4.69, 9.17) is 18.3 Å². The molecule has 0 aliphatic carbocycles. The number of benzene rings is 1. The summed E-state index contributed by atoms with van der Waals surface area (Å²) in [6.07, 6.45) is 0.0166. The minimum absolute atomic E-state index is 0.150. The Labute approximate surface area is 182 Å². The van der Waals surface area contributed by atoms with Crippen LogP contribution in [0.5, 0.6) is 0 Å². The molecule has 0 amide bonds. The van der Waals surface area contributed by atoms with E-state index in [0.717, 1.165) is 5.56 Å². The first-order chi connectivity index (χ1) is 14.0. The Morgan fingerprint density at radius 2 is 1.77 bits per heavy atom. The minimum Gasteiger partial charge on any atom is -0.391 e. The van der Waals surface area contributed by atoms with Crippen LogP contribution in [0, 0.1) is 0 Å². The van der Waals surface area contributed by atoms with E-state index in [0.29, 0.717) is 19.6 Å². The molecule has 0 bridgehead atoms. The summed E-state index contributed by atoms with van der Waals surface area (Å²) in [6.45, 7) is 17.8. The topological polar surface area (TPSA) is 57.2 Å². The van der Waals surface area contributed by atoms with Crippen molar-refractivity contribution in [2.75, 3.05) is 6.61 Å². The molecule has 0 unspecified atom stereocenters. The molecule has 2 saturated heterocycles. The summed E-state index contributed by atoms with van der Waals surface area (Å²) in [5.74, 6) is 0. The Balaban J connectivity index is 1.91. The maximum absolute atomic E-state index is 11.1. The van der Waals surface area contributed by atoms with Crippen molar-refractivity contribution in [3.8, 4) is 0 Å². The van der Waals surface area contributed by atoms with Gasteiger partial charge in [-0.05, 0) is 12.0 Å². The highest BCUT2D eigenvalue weighted by Gasteiger charge is 2.64. The van der Waals surface area contributed by atoms with Gasteiger partial charge < -0.3 is 23.4 Å². The van der Waals surface area contributed by atoms with Crippen LogP contribution in [0.25, 0.3) is 0 Å². The van der Waals surface area contributed by atoms with Crippen molar-refractivity contribution < 1.29 is 23.4 Å². The third-order valence-corrected chi connectivity index (χ3v) is 11.3. The average Bonchev–Trinajstić information content (AvgIpc) is 2.67. The van der Waals surface area contributed by atoms with E-state index in [-0.39, 0.29) is 28.4 Å². The number of fused-ring (bicyclic) bond motifs is 1. The standard InChI is InChI=1S/C24H38O5Si/c1-8-12-18-20(25)22(26-15-17-13-10-9-11-14-17)21-19(28-18)16-27-30(29-21,23(2,3)4)24(5,6)7/h8-11,13-14,18-22,25H,1,12,15-16H2,2-7H3/t18-,19+,20-,21+,22+/m0/s1. The molecule has 6 heteroatoms. The molecule has 0 spiro atoms. The van der Waals surface area contributed by atoms with Crippen LogP contribution < -0.4 is 0 Å². The van der Waals surface area contributed by atoms with Crippen LogP contribution in [0.1, 0.15) is 53.5 Å². The Morgan fingerprint density at radius 1 is 1.13 bits per heavy atom. The number of aliphatic hydroxyl groups is 1. The first kappa shape index (κ1) is 23.6. The zero-order chi connectivity index (χ0) is 22.2. The highest BCUT2D eigenvalue weighted by atomic mass is 28.4. The Kier molecular flexibility index (Phi) is 6.97. The number of aliphatic hydroxyl groups excluding tert-OH is 1. The summed E-state index contributed by atoms with van der Waals surface area (Å²) >= 11 is 0. The lowest BCUT2D eigenvalue weighted by Crippen LogP contribution is -2.71. The number of rotatable bonds is 5. The molecule has 2 aliphatic rings. The third kappa shape index (κ3) is 4.45. The van der Waals surface area contributed by atoms with E-state index >= 15 is 0 Å². The first-order valence-electron chi connectivity index (χ1n) is 10.9. The normalized spacial score (nSPS) is 31.8. The highest BCUT2D eigenvalue weighted by molar-refractivity contribution is 6.73. The summed E-state index contributed by atoms with van der Waals surface area (Å²) in [6, 6.07) is 10.0. The lowest BCUT2D eigenvalue weighted by Gasteiger charge is -2.57. The predicted octanol–water partition coefficient (Wildman–Crippen LogP) is 4.73. The average molecular weight is 435 g/mol. The molecule has 1 aromatic carbocycles. The maximum atomic E-state index is 11.1. The van der Waals surface area contributed by atoms with Crippen LogP contribution >= 0.6 is 0 Å². The zero-order valence-electron chi connectivity index (χ0n) is 19.3. The third-order valence-electron chi connectivity index (χ3n) is 6.17. The Hall–Kier alpha value is -1.02. The quantitative estimate of drug-likeness (QED) is 0.536. The van der Waals surface area contributed by atoms with Gasteiger partial charge in [-0.25, -0.2) is 0 Å². The van der Waals surface area contributed by atoms with Gasteiger partial charge in [0.15, 0.2) is 0 Å². The summed E-state index contributed by atoms with van der Waals surface area (Å²) in [4.78, 5) is 0. The fourth-order valence-electron chi connectivity index (χ4n) is 4.93. The van der Waals surface area contributed by atoms with Crippen LogP contribution in [0.2, 0.25) is 10.1 Å². The van der Waals surface area contributed by atoms with Gasteiger partial charge in [0.2, 0.25) is 0 Å². The van der Waals surface area contributed by atoms with Gasteiger partial charge in [0, 0.05) is 10.1 Å². The zero-order valence-corrected chi connectivity index (χ0v) is 20.3. The molecule has 0 radical (unpaired) electrons. The molecular formula is C24H38O5Si. The molecular weight excluding hydrogens is 396 g/mol. The fourth-order valence-corrected chi connectivity index (χ4v) is 9.89. The van der Waals surface area contributed by atoms with E-state index in [1.165, 1.54) is 0 Å². The van der Waals surface area contributed by atoms with Gasteiger partial charge in [0.25, 0.3) is 0 Å². The van der Waals surface area contributed by atoms with Crippen molar-refractivity contribution in [1.29, 1.82) is 0 Å². The van der Waals surface area contributed by atoms with Crippen molar-refractivity contribution >= 4 is 8.56 Å². The largest absolute Gasteiger partial charge is 0.391 e. The molecule has 30 heavy (non-hydrogen) atoms. The van der Waals surface area contributed by atoms with E-state index < -0.39 is 20.8 Å². The summed E-state index contributed by atoms with van der Waals surface area (Å²) < 4.78 is 26.0. The summed E-state index contributed by atoms with van der Waals surface area (Å²) in [5.41, 5.74) is 1.07. The van der Waals surface area contributed by atoms with Crippen LogP contribution in [-0.2, 0) is 24.9 Å². The van der Waals surface area contributed by atoms with Crippen molar-refractivity contribution in [3.05, 3.63) is 48.6 Å². The molecule has 1 N–H and O–H groups in total. The molecule has 2 heterocycles. The SMILES string of the molecule is C=CC[C@@H]1O[C@@H]2CO[Si](C(C)(C)C)(C(C)(C)C)O[C@H]2[C@H](OCc2ccccc2)[C@H]1O. The van der Waals surface area contributed by atoms with E-state index in [1.54, 1.807) is 6.08 Å². The van der Waals surface area contributed by atoms with Gasteiger partial charge in [-0.2, -0.15) is 0 Å². The maximum Gasteiger partial charge on any atom is 0.349 e. The lowest BCUT2D eigenvalue weighted by atomic mass is 9.93. The second-order valence-corrected chi connectivity index (χ2v) is 15.3. The Morgan fingerprint density at radius 3 is 2.33 bits per heavy atom. The molecule has 168 valence electrons. The van der Waals surface area contributed by atoms with Gasteiger partial charge in [-0.3, -0.25) is 0 Å². The van der Waals surface area contributed by atoms with Gasteiger partial charge in [-0.15, -0.1) is 6.58 Å². The smallest absolute Gasteiger partial charge is 0.349 e. The first-order valence-corrected chi connectivity index (χ1v) is 12.7. The van der Waals surface area contributed by atoms with E-state index in [1.807, 2.05) is 30.3 Å². The molecule has 2 fully saturated rings. The highest BCUT2D eigenvalue weighted by Crippen LogP contribution is 2.55. The van der Waals surface area contributed by atoms with E-state index in [2.05, 4.69) is 48.1 Å². The molecule has 0 aromatic heterocycles. The van der Waals surface area contributed by atoms with Gasteiger partial charge >= 0.3 is 8.56 Å². The van der Waals surface area contributed by atoms with Gasteiger partial charge in [-0.1, -0.05) is 78.0 Å². The molecule has 2 aliphatic heterocycles. The fraction of sp³-hybridized carbons (Fsp3) is 0.667. The monoisotopic (exact) mass is 434 g/mol. The van der Waals surface area contributed by atoms with Crippen molar-refractivity contribution in [2.45, 2.75) is 95.2 Å². The molecule has 5 nitrogen and oxygen atoms in total. The number of hydrogen-bond acceptors (Lipinski definition) is 5. The van der Waals surface area contributed by atoms with Gasteiger partial charge in [0.05, 0.1) is 19.3 Å². The lowest BCUT2D eigenvalue weighted by molar-refractivity contribution is -0.256. The van der Waals surface area contributed by atoms with Crippen LogP contribution in [0.4, 0.5) is 0 Å². The van der Waals surface area contributed by atoms with Crippen molar-refractivity contribution in [1.82, 2.24) is 0 Å². The van der Waals surface area contributed by atoms with Crippen LogP contribution in [0.15, 0.2) is 43.0 Å². The van der Waals surface area contributed by atoms with E-state index in [9.17, 15) is 5.11 Å².